The van der Waals surface area contributed by atoms with E-state index in [-0.39, 0.29) is 30.3 Å². The number of amides is 1. The average Bonchev–Trinajstić information content (AvgIpc) is 2.69. The summed E-state index contributed by atoms with van der Waals surface area (Å²) in [6, 6.07) is 13.5. The number of hydrogen-bond acceptors (Lipinski definition) is 5. The second-order valence-corrected chi connectivity index (χ2v) is 5.93. The van der Waals surface area contributed by atoms with Crippen molar-refractivity contribution in [1.82, 2.24) is 10.3 Å². The van der Waals surface area contributed by atoms with E-state index in [1.807, 2.05) is 0 Å². The fraction of sp³-hybridized carbons (Fsp3) is 0.100. The third-order valence-corrected chi connectivity index (χ3v) is 3.86. The van der Waals surface area contributed by atoms with Crippen LogP contribution in [0.5, 0.6) is 11.5 Å². The Labute approximate surface area is 160 Å². The van der Waals surface area contributed by atoms with Crippen molar-refractivity contribution < 1.29 is 18.8 Å². The molecule has 3 aromatic rings. The first-order valence-electron chi connectivity index (χ1n) is 8.37. The van der Waals surface area contributed by atoms with Gasteiger partial charge >= 0.3 is 0 Å². The van der Waals surface area contributed by atoms with Crippen LogP contribution in [0.1, 0.15) is 11.1 Å². The van der Waals surface area contributed by atoms with Gasteiger partial charge in [0.1, 0.15) is 5.75 Å². The molecule has 0 fully saturated rings. The van der Waals surface area contributed by atoms with Crippen LogP contribution in [0.3, 0.4) is 0 Å². The van der Waals surface area contributed by atoms with Gasteiger partial charge in [0.2, 0.25) is 5.91 Å². The third-order valence-electron chi connectivity index (χ3n) is 3.86. The quantitative estimate of drug-likeness (QED) is 0.496. The standard InChI is InChI=1S/C20H16FN3O4/c21-18-10-15(5-8-19(18)28-17-2-1-9-22-13-17)12-23-20(25)11-14-3-6-16(7-4-14)24(26)27/h1-10,13H,11-12H2,(H,23,25). The van der Waals surface area contributed by atoms with Crippen molar-refractivity contribution in [2.45, 2.75) is 13.0 Å². The molecule has 8 heteroatoms. The molecule has 1 amide bonds. The smallest absolute Gasteiger partial charge is 0.269 e. The van der Waals surface area contributed by atoms with Gasteiger partial charge in [-0.25, -0.2) is 4.39 Å². The zero-order valence-corrected chi connectivity index (χ0v) is 14.7. The van der Waals surface area contributed by atoms with E-state index in [0.717, 1.165) is 0 Å². The first kappa shape index (κ1) is 19.0. The molecule has 1 N–H and O–H groups in total. The van der Waals surface area contributed by atoms with E-state index in [9.17, 15) is 19.3 Å². The molecule has 7 nitrogen and oxygen atoms in total. The lowest BCUT2D eigenvalue weighted by Gasteiger charge is -2.09. The highest BCUT2D eigenvalue weighted by molar-refractivity contribution is 5.78. The second-order valence-electron chi connectivity index (χ2n) is 5.93. The Balaban J connectivity index is 1.54. The summed E-state index contributed by atoms with van der Waals surface area (Å²) in [6.45, 7) is 0.149. The lowest BCUT2D eigenvalue weighted by molar-refractivity contribution is -0.384. The molecule has 0 aliphatic heterocycles. The number of non-ortho nitro benzene ring substituents is 1. The number of nitro groups is 1. The van der Waals surface area contributed by atoms with Crippen LogP contribution >= 0.6 is 0 Å². The Kier molecular flexibility index (Phi) is 5.91. The molecule has 0 atom stereocenters. The van der Waals surface area contributed by atoms with Crippen LogP contribution in [0.2, 0.25) is 0 Å². The van der Waals surface area contributed by atoms with Crippen LogP contribution in [-0.2, 0) is 17.8 Å². The normalized spacial score (nSPS) is 10.3. The van der Waals surface area contributed by atoms with E-state index in [2.05, 4.69) is 10.3 Å². The number of benzene rings is 2. The van der Waals surface area contributed by atoms with Crippen LogP contribution < -0.4 is 10.1 Å². The summed E-state index contributed by atoms with van der Waals surface area (Å²) >= 11 is 0. The predicted octanol–water partition coefficient (Wildman–Crippen LogP) is 3.78. The molecule has 1 aromatic heterocycles. The first-order valence-corrected chi connectivity index (χ1v) is 8.37. The first-order chi connectivity index (χ1) is 13.5. The van der Waals surface area contributed by atoms with Gasteiger partial charge in [-0.2, -0.15) is 0 Å². The number of nitrogens with one attached hydrogen (secondary N) is 1. The van der Waals surface area contributed by atoms with Gasteiger partial charge in [0, 0.05) is 24.9 Å². The lowest BCUT2D eigenvalue weighted by Crippen LogP contribution is -2.24. The largest absolute Gasteiger partial charge is 0.453 e. The minimum Gasteiger partial charge on any atom is -0.453 e. The van der Waals surface area contributed by atoms with E-state index in [1.165, 1.54) is 42.6 Å². The molecule has 0 spiro atoms. The molecule has 0 aliphatic rings. The minimum absolute atomic E-state index is 0.0340. The minimum atomic E-state index is -0.550. The van der Waals surface area contributed by atoms with Crippen molar-refractivity contribution in [3.05, 3.63) is 94.0 Å². The van der Waals surface area contributed by atoms with Crippen LogP contribution in [-0.4, -0.2) is 15.8 Å². The number of hydrogen-bond donors (Lipinski definition) is 1. The monoisotopic (exact) mass is 381 g/mol. The Morgan fingerprint density at radius 1 is 1.14 bits per heavy atom. The number of rotatable bonds is 7. The topological polar surface area (TPSA) is 94.4 Å². The number of halogens is 1. The second kappa shape index (κ2) is 8.72. The van der Waals surface area contributed by atoms with Crippen molar-refractivity contribution in [1.29, 1.82) is 0 Å². The zero-order chi connectivity index (χ0) is 19.9. The molecule has 28 heavy (non-hydrogen) atoms. The molecule has 1 heterocycles. The summed E-state index contributed by atoms with van der Waals surface area (Å²) in [5.74, 6) is -0.338. The number of pyridine rings is 1. The van der Waals surface area contributed by atoms with Crippen LogP contribution in [0.15, 0.2) is 67.0 Å². The summed E-state index contributed by atoms with van der Waals surface area (Å²) < 4.78 is 19.6. The van der Waals surface area contributed by atoms with Gasteiger partial charge in [0.15, 0.2) is 11.6 Å². The van der Waals surface area contributed by atoms with Crippen LogP contribution in [0.4, 0.5) is 10.1 Å². The summed E-state index contributed by atoms with van der Waals surface area (Å²) in [4.78, 5) is 26.1. The number of nitrogens with zero attached hydrogens (tertiary/aromatic N) is 2. The van der Waals surface area contributed by atoms with Gasteiger partial charge in [-0.1, -0.05) is 18.2 Å². The van der Waals surface area contributed by atoms with Crippen molar-refractivity contribution in [3.8, 4) is 11.5 Å². The van der Waals surface area contributed by atoms with E-state index in [1.54, 1.807) is 24.4 Å². The van der Waals surface area contributed by atoms with Gasteiger partial charge < -0.3 is 10.1 Å². The van der Waals surface area contributed by atoms with Crippen LogP contribution in [0, 0.1) is 15.9 Å². The summed E-state index contributed by atoms with van der Waals surface area (Å²) in [5, 5.41) is 13.3. The summed E-state index contributed by atoms with van der Waals surface area (Å²) in [5.41, 5.74) is 1.19. The van der Waals surface area contributed by atoms with E-state index in [4.69, 9.17) is 4.74 Å². The van der Waals surface area contributed by atoms with Gasteiger partial charge in [-0.3, -0.25) is 19.9 Å². The van der Waals surface area contributed by atoms with Crippen molar-refractivity contribution in [2.24, 2.45) is 0 Å². The Morgan fingerprint density at radius 3 is 2.54 bits per heavy atom. The molecule has 0 aliphatic carbocycles. The maximum Gasteiger partial charge on any atom is 0.269 e. The Morgan fingerprint density at radius 2 is 1.89 bits per heavy atom. The number of carbonyl (C=O) groups is 1. The van der Waals surface area contributed by atoms with Crippen molar-refractivity contribution in [3.63, 3.8) is 0 Å². The molecule has 142 valence electrons. The average molecular weight is 381 g/mol. The van der Waals surface area contributed by atoms with E-state index < -0.39 is 10.7 Å². The van der Waals surface area contributed by atoms with Crippen LogP contribution in [0.25, 0.3) is 0 Å². The molecular weight excluding hydrogens is 365 g/mol. The molecular formula is C20H16FN3O4. The lowest BCUT2D eigenvalue weighted by atomic mass is 10.1. The maximum absolute atomic E-state index is 14.2. The van der Waals surface area contributed by atoms with E-state index >= 15 is 0 Å². The van der Waals surface area contributed by atoms with Gasteiger partial charge in [-0.15, -0.1) is 0 Å². The van der Waals surface area contributed by atoms with Gasteiger partial charge in [0.25, 0.3) is 5.69 Å². The Hall–Kier alpha value is -3.81. The maximum atomic E-state index is 14.2. The molecule has 0 bridgehead atoms. The molecule has 0 saturated carbocycles. The highest BCUT2D eigenvalue weighted by Gasteiger charge is 2.09. The van der Waals surface area contributed by atoms with Gasteiger partial charge in [0.05, 0.1) is 17.5 Å². The molecule has 2 aromatic carbocycles. The zero-order valence-electron chi connectivity index (χ0n) is 14.7. The summed E-state index contributed by atoms with van der Waals surface area (Å²) in [6.07, 6.45) is 3.14. The highest BCUT2D eigenvalue weighted by atomic mass is 19.1. The number of nitro benzene ring substituents is 1. The fourth-order valence-electron chi connectivity index (χ4n) is 2.46. The molecule has 3 rings (SSSR count). The fourth-order valence-corrected chi connectivity index (χ4v) is 2.46. The molecule has 0 unspecified atom stereocenters. The molecule has 0 radical (unpaired) electrons. The number of carbonyl (C=O) groups excluding carboxylic acids is 1. The van der Waals surface area contributed by atoms with Crippen molar-refractivity contribution >= 4 is 11.6 Å². The van der Waals surface area contributed by atoms with Crippen molar-refractivity contribution in [2.75, 3.05) is 0 Å². The summed E-state index contributed by atoms with van der Waals surface area (Å²) in [7, 11) is 0. The third kappa shape index (κ3) is 5.10. The molecule has 0 saturated heterocycles. The van der Waals surface area contributed by atoms with E-state index in [0.29, 0.717) is 16.9 Å². The number of ether oxygens (including phenoxy) is 1. The predicted molar refractivity (Wildman–Crippen MR) is 99.4 cm³/mol. The number of aromatic nitrogens is 1. The highest BCUT2D eigenvalue weighted by Crippen LogP contribution is 2.24. The Bertz CT molecular complexity index is 979. The van der Waals surface area contributed by atoms with Gasteiger partial charge in [-0.05, 0) is 35.4 Å². The SMILES string of the molecule is O=C(Cc1ccc([N+](=O)[O-])cc1)NCc1ccc(Oc2cccnc2)c(F)c1.